The predicted molar refractivity (Wildman–Crippen MR) is 104 cm³/mol. The van der Waals surface area contributed by atoms with Crippen LogP contribution >= 0.6 is 0 Å². The second-order valence-corrected chi connectivity index (χ2v) is 15.3. The molecular weight excluding hydrogens is 308 g/mol. The summed E-state index contributed by atoms with van der Waals surface area (Å²) in [6.45, 7) is 11.8. The van der Waals surface area contributed by atoms with E-state index in [4.69, 9.17) is 4.43 Å². The van der Waals surface area contributed by atoms with Crippen LogP contribution in [0.4, 0.5) is 0 Å². The predicted octanol–water partition coefficient (Wildman–Crippen LogP) is 6.54. The van der Waals surface area contributed by atoms with E-state index in [0.29, 0.717) is 5.41 Å². The molecule has 0 saturated heterocycles. The van der Waals surface area contributed by atoms with E-state index in [0.717, 1.165) is 17.8 Å². The number of para-hydroxylation sites is 1. The largest absolute Gasteiger partial charge is 0.543 e. The fourth-order valence-corrected chi connectivity index (χ4v) is 6.90. The van der Waals surface area contributed by atoms with Crippen LogP contribution in [-0.2, 0) is 5.41 Å². The molecule has 4 fully saturated rings. The monoisotopic (exact) mass is 342 g/mol. The molecule has 0 atom stereocenters. The molecule has 0 aromatic heterocycles. The van der Waals surface area contributed by atoms with Crippen LogP contribution in [0.1, 0.15) is 64.9 Å². The van der Waals surface area contributed by atoms with Gasteiger partial charge in [-0.25, -0.2) is 0 Å². The highest BCUT2D eigenvalue weighted by Gasteiger charge is 2.52. The van der Waals surface area contributed by atoms with Crippen molar-refractivity contribution in [2.45, 2.75) is 82.8 Å². The molecule has 0 amide bonds. The third kappa shape index (κ3) is 2.65. The third-order valence-electron chi connectivity index (χ3n) is 7.67. The second-order valence-electron chi connectivity index (χ2n) is 10.6. The summed E-state index contributed by atoms with van der Waals surface area (Å²) in [5, 5.41) is 0.252. The van der Waals surface area contributed by atoms with E-state index < -0.39 is 8.32 Å². The first-order chi connectivity index (χ1) is 11.2. The lowest BCUT2D eigenvalue weighted by atomic mass is 9.48. The molecule has 1 nitrogen and oxygen atoms in total. The fraction of sp³-hybridized carbons (Fsp3) is 0.727. The van der Waals surface area contributed by atoms with Crippen molar-refractivity contribution in [2.24, 2.45) is 17.8 Å². The van der Waals surface area contributed by atoms with Gasteiger partial charge in [0.1, 0.15) is 5.75 Å². The van der Waals surface area contributed by atoms with Crippen molar-refractivity contribution in [3.8, 4) is 5.75 Å². The summed E-state index contributed by atoms with van der Waals surface area (Å²) in [4.78, 5) is 0. The summed E-state index contributed by atoms with van der Waals surface area (Å²) in [6, 6.07) is 9.07. The molecule has 0 unspecified atom stereocenters. The molecule has 0 aliphatic heterocycles. The Morgan fingerprint density at radius 2 is 1.42 bits per heavy atom. The molecule has 1 aromatic carbocycles. The SMILES string of the molecule is CC(C)(C)[Si](C)(C)Oc1ccccc1C12CC3CC(CC(C3)C1)C2. The van der Waals surface area contributed by atoms with E-state index in [2.05, 4.69) is 58.1 Å². The van der Waals surface area contributed by atoms with Crippen molar-refractivity contribution >= 4 is 8.32 Å². The molecular formula is C22H34OSi. The second kappa shape index (κ2) is 5.36. The molecule has 0 heterocycles. The fourth-order valence-electron chi connectivity index (χ4n) is 5.86. The van der Waals surface area contributed by atoms with E-state index >= 15 is 0 Å². The van der Waals surface area contributed by atoms with Gasteiger partial charge in [-0.1, -0.05) is 39.0 Å². The Hall–Kier alpha value is -0.763. The number of hydrogen-bond acceptors (Lipinski definition) is 1. The zero-order valence-corrected chi connectivity index (χ0v) is 17.2. The maximum atomic E-state index is 6.83. The van der Waals surface area contributed by atoms with Gasteiger partial charge in [0, 0.05) is 0 Å². The van der Waals surface area contributed by atoms with E-state index in [1.165, 1.54) is 44.3 Å². The first-order valence-electron chi connectivity index (χ1n) is 9.97. The minimum Gasteiger partial charge on any atom is -0.543 e. The third-order valence-corrected chi connectivity index (χ3v) is 12.0. The van der Waals surface area contributed by atoms with Crippen LogP contribution in [0.2, 0.25) is 18.1 Å². The Balaban J connectivity index is 1.70. The van der Waals surface area contributed by atoms with E-state index in [1.807, 2.05) is 0 Å². The van der Waals surface area contributed by atoms with Gasteiger partial charge in [-0.05, 0) is 91.5 Å². The standard InChI is InChI=1S/C22H34OSi/c1-21(2,3)24(4,5)23-20-9-7-6-8-19(20)22-13-16-10-17(14-22)12-18(11-16)15-22/h6-9,16-18H,10-15H2,1-5H3. The zero-order valence-electron chi connectivity index (χ0n) is 16.2. The summed E-state index contributed by atoms with van der Waals surface area (Å²) in [5.41, 5.74) is 1.97. The highest BCUT2D eigenvalue weighted by atomic mass is 28.4. The van der Waals surface area contributed by atoms with Gasteiger partial charge in [-0.15, -0.1) is 0 Å². The van der Waals surface area contributed by atoms with E-state index in [9.17, 15) is 0 Å². The summed E-state index contributed by atoms with van der Waals surface area (Å²) < 4.78 is 6.83. The molecule has 4 saturated carbocycles. The maximum Gasteiger partial charge on any atom is 0.250 e. The Kier molecular flexibility index (Phi) is 3.73. The highest BCUT2D eigenvalue weighted by Crippen LogP contribution is 2.62. The minimum absolute atomic E-state index is 0.252. The molecule has 0 radical (unpaired) electrons. The maximum absolute atomic E-state index is 6.83. The van der Waals surface area contributed by atoms with Crippen LogP contribution in [-0.4, -0.2) is 8.32 Å². The lowest BCUT2D eigenvalue weighted by Crippen LogP contribution is -2.49. The average molecular weight is 343 g/mol. The normalized spacial score (nSPS) is 35.3. The summed E-state index contributed by atoms with van der Waals surface area (Å²) >= 11 is 0. The quantitative estimate of drug-likeness (QED) is 0.567. The van der Waals surface area contributed by atoms with E-state index in [-0.39, 0.29) is 5.04 Å². The van der Waals surface area contributed by atoms with Crippen molar-refractivity contribution in [2.75, 3.05) is 0 Å². The van der Waals surface area contributed by atoms with Crippen molar-refractivity contribution < 1.29 is 4.43 Å². The Morgan fingerprint density at radius 3 is 1.92 bits per heavy atom. The Labute approximate surface area is 149 Å². The van der Waals surface area contributed by atoms with Crippen molar-refractivity contribution in [1.29, 1.82) is 0 Å². The number of benzene rings is 1. The molecule has 0 N–H and O–H groups in total. The van der Waals surface area contributed by atoms with Crippen molar-refractivity contribution in [1.82, 2.24) is 0 Å². The van der Waals surface area contributed by atoms with Gasteiger partial charge in [0.15, 0.2) is 0 Å². The van der Waals surface area contributed by atoms with Gasteiger partial charge in [-0.2, -0.15) is 0 Å². The van der Waals surface area contributed by atoms with Gasteiger partial charge in [0.25, 0.3) is 0 Å². The lowest BCUT2D eigenvalue weighted by molar-refractivity contribution is -0.00586. The van der Waals surface area contributed by atoms with Crippen LogP contribution in [0.5, 0.6) is 5.75 Å². The van der Waals surface area contributed by atoms with Gasteiger partial charge >= 0.3 is 0 Å². The Morgan fingerprint density at radius 1 is 0.917 bits per heavy atom. The Bertz CT molecular complexity index is 590. The number of rotatable bonds is 3. The van der Waals surface area contributed by atoms with Crippen molar-refractivity contribution in [3.63, 3.8) is 0 Å². The van der Waals surface area contributed by atoms with Crippen molar-refractivity contribution in [3.05, 3.63) is 29.8 Å². The molecule has 0 spiro atoms. The zero-order chi connectivity index (χ0) is 17.2. The minimum atomic E-state index is -1.79. The van der Waals surface area contributed by atoms with Gasteiger partial charge < -0.3 is 4.43 Å². The molecule has 132 valence electrons. The van der Waals surface area contributed by atoms with Crippen LogP contribution in [0.3, 0.4) is 0 Å². The summed E-state index contributed by atoms with van der Waals surface area (Å²) in [7, 11) is -1.79. The average Bonchev–Trinajstić information content (AvgIpc) is 2.44. The smallest absolute Gasteiger partial charge is 0.250 e. The lowest BCUT2D eigenvalue weighted by Gasteiger charge is -2.57. The molecule has 24 heavy (non-hydrogen) atoms. The molecule has 2 heteroatoms. The molecule has 1 aromatic rings. The topological polar surface area (TPSA) is 9.23 Å². The van der Waals surface area contributed by atoms with Crippen LogP contribution < -0.4 is 4.43 Å². The first kappa shape index (κ1) is 16.7. The van der Waals surface area contributed by atoms with Crippen LogP contribution in [0, 0.1) is 17.8 Å². The van der Waals surface area contributed by atoms with Gasteiger partial charge in [-0.3, -0.25) is 0 Å². The molecule has 4 aliphatic rings. The number of hydrogen-bond donors (Lipinski definition) is 0. The summed E-state index contributed by atoms with van der Waals surface area (Å²) in [5.74, 6) is 4.16. The first-order valence-corrected chi connectivity index (χ1v) is 12.9. The van der Waals surface area contributed by atoms with Crippen LogP contribution in [0.15, 0.2) is 24.3 Å². The highest BCUT2D eigenvalue weighted by molar-refractivity contribution is 6.74. The van der Waals surface area contributed by atoms with Gasteiger partial charge in [0.05, 0.1) is 0 Å². The molecule has 5 rings (SSSR count). The van der Waals surface area contributed by atoms with E-state index in [1.54, 1.807) is 5.56 Å². The molecule has 4 bridgehead atoms. The molecule has 4 aliphatic carbocycles. The summed E-state index contributed by atoms with van der Waals surface area (Å²) in [6.07, 6.45) is 8.75. The van der Waals surface area contributed by atoms with Crippen LogP contribution in [0.25, 0.3) is 0 Å². The van der Waals surface area contributed by atoms with Gasteiger partial charge in [0.2, 0.25) is 8.32 Å².